The molecule has 2 heterocycles. The fourth-order valence-corrected chi connectivity index (χ4v) is 2.93. The van der Waals surface area contributed by atoms with Crippen molar-refractivity contribution in [1.82, 2.24) is 10.3 Å². The van der Waals surface area contributed by atoms with Gasteiger partial charge in [-0.2, -0.15) is 0 Å². The molecular weight excluding hydrogens is 354 g/mol. The zero-order chi connectivity index (χ0) is 19.6. The van der Waals surface area contributed by atoms with Crippen molar-refractivity contribution < 1.29 is 28.5 Å². The first kappa shape index (κ1) is 18.3. The molecule has 0 bridgehead atoms. The molecule has 1 aliphatic rings. The lowest BCUT2D eigenvalue weighted by molar-refractivity contribution is -0.119. The molecule has 1 aromatic heterocycles. The molecule has 0 aliphatic carbocycles. The molecule has 1 aliphatic heterocycles. The van der Waals surface area contributed by atoms with Gasteiger partial charge in [0.25, 0.3) is 5.91 Å². The van der Waals surface area contributed by atoms with Crippen molar-refractivity contribution in [2.75, 3.05) is 33.3 Å². The summed E-state index contributed by atoms with van der Waals surface area (Å²) in [6.07, 6.45) is 1.46. The number of amides is 3. The van der Waals surface area contributed by atoms with Gasteiger partial charge >= 0.3 is 6.03 Å². The molecule has 3 rings (SSSR count). The topological polar surface area (TPSA) is 99.2 Å². The highest BCUT2D eigenvalue weighted by molar-refractivity contribution is 6.14. The minimum atomic E-state index is -0.915. The molecule has 1 saturated heterocycles. The van der Waals surface area contributed by atoms with Gasteiger partial charge in [-0.1, -0.05) is 0 Å². The molecule has 27 heavy (non-hydrogen) atoms. The second-order valence-electron chi connectivity index (χ2n) is 5.58. The fourth-order valence-electron chi connectivity index (χ4n) is 2.93. The first-order valence-corrected chi connectivity index (χ1v) is 7.98. The van der Waals surface area contributed by atoms with Crippen LogP contribution in [0.25, 0.3) is 0 Å². The lowest BCUT2D eigenvalue weighted by atomic mass is 10.0. The van der Waals surface area contributed by atoms with Gasteiger partial charge in [-0.3, -0.25) is 15.0 Å². The van der Waals surface area contributed by atoms with Crippen molar-refractivity contribution in [1.29, 1.82) is 0 Å². The van der Waals surface area contributed by atoms with E-state index in [1.165, 1.54) is 39.5 Å². The number of hydrogen-bond donors (Lipinski definition) is 1. The second-order valence-corrected chi connectivity index (χ2v) is 5.58. The van der Waals surface area contributed by atoms with Gasteiger partial charge in [-0.05, 0) is 23.8 Å². The van der Waals surface area contributed by atoms with Crippen LogP contribution in [0.3, 0.4) is 0 Å². The van der Waals surface area contributed by atoms with Crippen LogP contribution >= 0.6 is 0 Å². The van der Waals surface area contributed by atoms with E-state index in [2.05, 4.69) is 10.3 Å². The molecule has 1 fully saturated rings. The highest BCUT2D eigenvalue weighted by Gasteiger charge is 2.41. The van der Waals surface area contributed by atoms with Gasteiger partial charge in [0, 0.05) is 6.07 Å². The Kier molecular flexibility index (Phi) is 5.02. The third-order valence-corrected chi connectivity index (χ3v) is 4.17. The minimum Gasteiger partial charge on any atom is -0.493 e. The van der Waals surface area contributed by atoms with E-state index in [9.17, 15) is 9.59 Å². The molecular formula is C18H19N3O6. The maximum atomic E-state index is 12.5. The fraction of sp³-hybridized carbons (Fsp3) is 0.278. The smallest absolute Gasteiger partial charge is 0.329 e. The predicted octanol–water partition coefficient (Wildman–Crippen LogP) is 1.91. The van der Waals surface area contributed by atoms with Crippen LogP contribution in [0.5, 0.6) is 23.1 Å². The number of ether oxygens (including phenoxy) is 4. The molecule has 1 atom stereocenters. The van der Waals surface area contributed by atoms with Gasteiger partial charge in [0.2, 0.25) is 11.6 Å². The molecule has 0 spiro atoms. The maximum Gasteiger partial charge on any atom is 0.329 e. The van der Waals surface area contributed by atoms with E-state index in [4.69, 9.17) is 18.9 Å². The van der Waals surface area contributed by atoms with Crippen molar-refractivity contribution >= 4 is 17.6 Å². The Balaban J connectivity index is 2.09. The molecule has 0 radical (unpaired) electrons. The van der Waals surface area contributed by atoms with Crippen LogP contribution in [-0.4, -0.2) is 45.4 Å². The van der Waals surface area contributed by atoms with Gasteiger partial charge in [0.1, 0.15) is 6.04 Å². The Bertz CT molecular complexity index is 843. The summed E-state index contributed by atoms with van der Waals surface area (Å²) in [6, 6.07) is 5.06. The highest BCUT2D eigenvalue weighted by Crippen LogP contribution is 2.42. The number of hydrogen-bond acceptors (Lipinski definition) is 7. The number of pyridine rings is 1. The average molecular weight is 373 g/mol. The van der Waals surface area contributed by atoms with Crippen molar-refractivity contribution in [3.05, 3.63) is 36.0 Å². The van der Waals surface area contributed by atoms with E-state index in [-0.39, 0.29) is 0 Å². The first-order chi connectivity index (χ1) is 13.0. The van der Waals surface area contributed by atoms with Crippen LogP contribution in [0.2, 0.25) is 0 Å². The van der Waals surface area contributed by atoms with Crippen molar-refractivity contribution in [3.8, 4) is 23.1 Å². The molecule has 0 saturated carbocycles. The number of carbonyl (C=O) groups excluding carboxylic acids is 2. The zero-order valence-corrected chi connectivity index (χ0v) is 15.3. The maximum absolute atomic E-state index is 12.5. The number of nitrogens with zero attached hydrogens (tertiary/aromatic N) is 2. The van der Waals surface area contributed by atoms with Crippen LogP contribution < -0.4 is 29.2 Å². The van der Waals surface area contributed by atoms with Gasteiger partial charge in [-0.15, -0.1) is 0 Å². The van der Waals surface area contributed by atoms with Crippen LogP contribution in [-0.2, 0) is 4.79 Å². The number of methoxy groups -OCH3 is 4. The third kappa shape index (κ3) is 3.19. The molecule has 9 heteroatoms. The summed E-state index contributed by atoms with van der Waals surface area (Å²) in [4.78, 5) is 30.3. The number of anilines is 1. The van der Waals surface area contributed by atoms with Crippen molar-refractivity contribution in [2.24, 2.45) is 0 Å². The number of rotatable bonds is 6. The van der Waals surface area contributed by atoms with Crippen molar-refractivity contribution in [2.45, 2.75) is 6.04 Å². The molecule has 142 valence electrons. The lowest BCUT2D eigenvalue weighted by Crippen LogP contribution is -2.29. The van der Waals surface area contributed by atoms with E-state index in [0.717, 1.165) is 0 Å². The standard InChI is InChI=1S/C18H19N3O6/c1-24-12-7-10(8-13(25-2)16(12)27-4)15-17(22)20-18(23)21(15)11-5-6-14(26-3)19-9-11/h5-9,15H,1-4H3,(H,20,22,23). The second kappa shape index (κ2) is 7.40. The summed E-state index contributed by atoms with van der Waals surface area (Å²) < 4.78 is 21.0. The Labute approximate surface area is 155 Å². The monoisotopic (exact) mass is 373 g/mol. The summed E-state index contributed by atoms with van der Waals surface area (Å²) in [5.41, 5.74) is 0.946. The number of benzene rings is 1. The van der Waals surface area contributed by atoms with Gasteiger partial charge in [0.05, 0.1) is 40.3 Å². The molecule has 9 nitrogen and oxygen atoms in total. The highest BCUT2D eigenvalue weighted by atomic mass is 16.5. The minimum absolute atomic E-state index is 0.381. The van der Waals surface area contributed by atoms with Gasteiger partial charge in [0.15, 0.2) is 11.5 Å². The largest absolute Gasteiger partial charge is 0.493 e. The Morgan fingerprint density at radius 2 is 1.63 bits per heavy atom. The van der Waals surface area contributed by atoms with E-state index in [0.29, 0.717) is 34.4 Å². The van der Waals surface area contributed by atoms with Crippen LogP contribution in [0, 0.1) is 0 Å². The number of imide groups is 1. The van der Waals surface area contributed by atoms with Gasteiger partial charge < -0.3 is 18.9 Å². The van der Waals surface area contributed by atoms with Gasteiger partial charge in [-0.25, -0.2) is 9.78 Å². The number of aromatic nitrogens is 1. The summed E-state index contributed by atoms with van der Waals surface area (Å²) >= 11 is 0. The Morgan fingerprint density at radius 1 is 0.963 bits per heavy atom. The van der Waals surface area contributed by atoms with Crippen LogP contribution in [0.1, 0.15) is 11.6 Å². The molecule has 1 unspecified atom stereocenters. The number of urea groups is 1. The van der Waals surface area contributed by atoms with E-state index < -0.39 is 18.0 Å². The Hall–Kier alpha value is -3.49. The third-order valence-electron chi connectivity index (χ3n) is 4.17. The number of carbonyl (C=O) groups is 2. The normalized spacial score (nSPS) is 16.1. The van der Waals surface area contributed by atoms with E-state index in [1.54, 1.807) is 24.3 Å². The average Bonchev–Trinajstić information content (AvgIpc) is 3.00. The summed E-state index contributed by atoms with van der Waals surface area (Å²) in [7, 11) is 5.94. The van der Waals surface area contributed by atoms with E-state index in [1.807, 2.05) is 0 Å². The number of nitrogens with one attached hydrogen (secondary N) is 1. The van der Waals surface area contributed by atoms with Crippen LogP contribution in [0.15, 0.2) is 30.5 Å². The first-order valence-electron chi connectivity index (χ1n) is 7.98. The SMILES string of the molecule is COc1ccc(N2C(=O)NC(=O)C2c2cc(OC)c(OC)c(OC)c2)cn1. The summed E-state index contributed by atoms with van der Waals surface area (Å²) in [6.45, 7) is 0. The Morgan fingerprint density at radius 3 is 2.11 bits per heavy atom. The van der Waals surface area contributed by atoms with E-state index >= 15 is 0 Å². The molecule has 1 aromatic carbocycles. The van der Waals surface area contributed by atoms with Crippen LogP contribution in [0.4, 0.5) is 10.5 Å². The molecule has 3 amide bonds. The van der Waals surface area contributed by atoms with Crippen molar-refractivity contribution in [3.63, 3.8) is 0 Å². The summed E-state index contributed by atoms with van der Waals surface area (Å²) in [5, 5.41) is 2.32. The molecule has 2 aromatic rings. The zero-order valence-electron chi connectivity index (χ0n) is 15.3. The predicted molar refractivity (Wildman–Crippen MR) is 95.6 cm³/mol. The summed E-state index contributed by atoms with van der Waals surface area (Å²) in [5.74, 6) is 1.09. The quantitative estimate of drug-likeness (QED) is 0.772. The molecule has 1 N–H and O–H groups in total. The lowest BCUT2D eigenvalue weighted by Gasteiger charge is -2.23.